The summed E-state index contributed by atoms with van der Waals surface area (Å²) in [6, 6.07) is 9.45. The third-order valence-electron chi connectivity index (χ3n) is 3.31. The minimum absolute atomic E-state index is 0.166. The smallest absolute Gasteiger partial charge is 0.255 e. The van der Waals surface area contributed by atoms with Crippen molar-refractivity contribution in [3.05, 3.63) is 35.9 Å². The van der Waals surface area contributed by atoms with E-state index < -0.39 is 0 Å². The van der Waals surface area contributed by atoms with Gasteiger partial charge in [0.1, 0.15) is 6.04 Å². The van der Waals surface area contributed by atoms with Gasteiger partial charge in [0.05, 0.1) is 0 Å². The van der Waals surface area contributed by atoms with Gasteiger partial charge in [0.15, 0.2) is 0 Å². The van der Waals surface area contributed by atoms with Crippen molar-refractivity contribution in [3.8, 4) is 0 Å². The standard InChI is InChI=1S/C16H28N4O/c1-13(2)12-20(11-10-19(3)4)15(16(21)18-17)14-8-6-5-7-9-14/h5-9,13,15H,10-12,17H2,1-4H3,(H,18,21). The van der Waals surface area contributed by atoms with Crippen LogP contribution in [0.15, 0.2) is 30.3 Å². The van der Waals surface area contributed by atoms with Gasteiger partial charge in [0.2, 0.25) is 0 Å². The van der Waals surface area contributed by atoms with E-state index in [4.69, 9.17) is 5.84 Å². The number of hydrogen-bond acceptors (Lipinski definition) is 4. The average molecular weight is 292 g/mol. The molecular formula is C16H28N4O. The van der Waals surface area contributed by atoms with Gasteiger partial charge in [-0.2, -0.15) is 0 Å². The number of rotatable bonds is 8. The van der Waals surface area contributed by atoms with E-state index in [2.05, 4.69) is 29.1 Å². The number of likely N-dealkylation sites (N-methyl/N-ethyl adjacent to an activating group) is 1. The lowest BCUT2D eigenvalue weighted by Crippen LogP contribution is -2.46. The van der Waals surface area contributed by atoms with Gasteiger partial charge in [-0.25, -0.2) is 5.84 Å². The van der Waals surface area contributed by atoms with E-state index in [1.165, 1.54) is 0 Å². The molecule has 3 N–H and O–H groups in total. The van der Waals surface area contributed by atoms with Gasteiger partial charge in [-0.05, 0) is 25.6 Å². The number of benzene rings is 1. The van der Waals surface area contributed by atoms with Crippen LogP contribution in [0.2, 0.25) is 0 Å². The zero-order valence-corrected chi connectivity index (χ0v) is 13.5. The number of nitrogens with zero attached hydrogens (tertiary/aromatic N) is 2. The molecule has 1 rings (SSSR count). The van der Waals surface area contributed by atoms with Crippen LogP contribution in [0.25, 0.3) is 0 Å². The molecule has 0 fully saturated rings. The third-order valence-corrected chi connectivity index (χ3v) is 3.31. The minimum atomic E-state index is -0.349. The summed E-state index contributed by atoms with van der Waals surface area (Å²) in [7, 11) is 4.07. The van der Waals surface area contributed by atoms with Crippen LogP contribution in [0, 0.1) is 5.92 Å². The number of nitrogens with two attached hydrogens (primary N) is 1. The predicted octanol–water partition coefficient (Wildman–Crippen LogP) is 1.24. The molecule has 0 saturated heterocycles. The molecule has 0 spiro atoms. The van der Waals surface area contributed by atoms with Gasteiger partial charge >= 0.3 is 0 Å². The van der Waals surface area contributed by atoms with E-state index in [9.17, 15) is 4.79 Å². The molecule has 0 radical (unpaired) electrons. The van der Waals surface area contributed by atoms with Crippen molar-refractivity contribution < 1.29 is 4.79 Å². The lowest BCUT2D eigenvalue weighted by Gasteiger charge is -2.32. The molecule has 1 atom stereocenters. The summed E-state index contributed by atoms with van der Waals surface area (Å²) in [6.45, 7) is 6.88. The molecule has 1 amide bonds. The molecule has 118 valence electrons. The summed E-state index contributed by atoms with van der Waals surface area (Å²) < 4.78 is 0. The fourth-order valence-electron chi connectivity index (χ4n) is 2.37. The summed E-state index contributed by atoms with van der Waals surface area (Å²) in [5.41, 5.74) is 3.28. The van der Waals surface area contributed by atoms with E-state index in [1.54, 1.807) is 0 Å². The Morgan fingerprint density at radius 1 is 1.19 bits per heavy atom. The predicted molar refractivity (Wildman–Crippen MR) is 86.5 cm³/mol. The normalized spacial score (nSPS) is 13.0. The highest BCUT2D eigenvalue weighted by Crippen LogP contribution is 2.22. The molecule has 0 aliphatic carbocycles. The number of carbonyl (C=O) groups is 1. The number of amides is 1. The number of hydrogen-bond donors (Lipinski definition) is 2. The highest BCUT2D eigenvalue weighted by atomic mass is 16.2. The van der Waals surface area contributed by atoms with E-state index in [-0.39, 0.29) is 11.9 Å². The number of nitrogens with one attached hydrogen (secondary N) is 1. The van der Waals surface area contributed by atoms with Crippen LogP contribution in [0.1, 0.15) is 25.5 Å². The van der Waals surface area contributed by atoms with Crippen molar-refractivity contribution in [3.63, 3.8) is 0 Å². The number of hydrazine groups is 1. The summed E-state index contributed by atoms with van der Waals surface area (Å²) in [5, 5.41) is 0. The molecular weight excluding hydrogens is 264 g/mol. The maximum atomic E-state index is 12.3. The Bertz CT molecular complexity index is 420. The van der Waals surface area contributed by atoms with E-state index in [1.807, 2.05) is 44.4 Å². The van der Waals surface area contributed by atoms with Crippen LogP contribution >= 0.6 is 0 Å². The molecule has 21 heavy (non-hydrogen) atoms. The van der Waals surface area contributed by atoms with Crippen molar-refractivity contribution in [2.45, 2.75) is 19.9 Å². The Kier molecular flexibility index (Phi) is 7.36. The first-order chi connectivity index (χ1) is 9.95. The molecule has 5 nitrogen and oxygen atoms in total. The molecule has 0 aromatic heterocycles. The molecule has 1 aromatic carbocycles. The highest BCUT2D eigenvalue weighted by Gasteiger charge is 2.27. The van der Waals surface area contributed by atoms with Crippen LogP contribution in [0.4, 0.5) is 0 Å². The third kappa shape index (κ3) is 5.83. The fourth-order valence-corrected chi connectivity index (χ4v) is 2.37. The lowest BCUT2D eigenvalue weighted by molar-refractivity contribution is -0.127. The Morgan fingerprint density at radius 2 is 1.81 bits per heavy atom. The molecule has 0 aliphatic heterocycles. The lowest BCUT2D eigenvalue weighted by atomic mass is 10.0. The first-order valence-electron chi connectivity index (χ1n) is 7.40. The average Bonchev–Trinajstić information content (AvgIpc) is 2.45. The van der Waals surface area contributed by atoms with Crippen LogP contribution < -0.4 is 11.3 Å². The van der Waals surface area contributed by atoms with Gasteiger partial charge < -0.3 is 4.90 Å². The van der Waals surface area contributed by atoms with Crippen molar-refractivity contribution in [1.29, 1.82) is 0 Å². The van der Waals surface area contributed by atoms with Gasteiger partial charge in [0, 0.05) is 19.6 Å². The molecule has 5 heteroatoms. The van der Waals surface area contributed by atoms with Crippen molar-refractivity contribution >= 4 is 5.91 Å². The Balaban J connectivity index is 3.01. The van der Waals surface area contributed by atoms with Crippen LogP contribution in [-0.4, -0.2) is 49.4 Å². The first kappa shape index (κ1) is 17.6. The minimum Gasteiger partial charge on any atom is -0.308 e. The van der Waals surface area contributed by atoms with Crippen LogP contribution in [0.3, 0.4) is 0 Å². The second kappa shape index (κ2) is 8.77. The zero-order chi connectivity index (χ0) is 15.8. The largest absolute Gasteiger partial charge is 0.308 e. The Hall–Kier alpha value is -1.43. The quantitative estimate of drug-likeness (QED) is 0.430. The summed E-state index contributed by atoms with van der Waals surface area (Å²) in [5.74, 6) is 5.71. The number of carbonyl (C=O) groups excluding carboxylic acids is 1. The fraction of sp³-hybridized carbons (Fsp3) is 0.562. The zero-order valence-electron chi connectivity index (χ0n) is 13.5. The monoisotopic (exact) mass is 292 g/mol. The topological polar surface area (TPSA) is 61.6 Å². The SMILES string of the molecule is CC(C)CN(CCN(C)C)C(C(=O)NN)c1ccccc1. The van der Waals surface area contributed by atoms with Crippen molar-refractivity contribution in [2.24, 2.45) is 11.8 Å². The van der Waals surface area contributed by atoms with E-state index in [0.717, 1.165) is 25.2 Å². The van der Waals surface area contributed by atoms with Gasteiger partial charge in [-0.15, -0.1) is 0 Å². The maximum absolute atomic E-state index is 12.3. The summed E-state index contributed by atoms with van der Waals surface area (Å²) in [4.78, 5) is 16.6. The van der Waals surface area contributed by atoms with Crippen molar-refractivity contribution in [2.75, 3.05) is 33.7 Å². The van der Waals surface area contributed by atoms with Crippen LogP contribution in [0.5, 0.6) is 0 Å². The Morgan fingerprint density at radius 3 is 2.29 bits per heavy atom. The molecule has 0 aliphatic rings. The maximum Gasteiger partial charge on any atom is 0.255 e. The summed E-state index contributed by atoms with van der Waals surface area (Å²) in [6.07, 6.45) is 0. The summed E-state index contributed by atoms with van der Waals surface area (Å²) >= 11 is 0. The van der Waals surface area contributed by atoms with Crippen LogP contribution in [-0.2, 0) is 4.79 Å². The molecule has 0 heterocycles. The van der Waals surface area contributed by atoms with Gasteiger partial charge in [-0.1, -0.05) is 44.2 Å². The van der Waals surface area contributed by atoms with Gasteiger partial charge in [-0.3, -0.25) is 15.1 Å². The second-order valence-electron chi connectivity index (χ2n) is 6.01. The highest BCUT2D eigenvalue weighted by molar-refractivity contribution is 5.82. The van der Waals surface area contributed by atoms with E-state index >= 15 is 0 Å². The van der Waals surface area contributed by atoms with Crippen molar-refractivity contribution in [1.82, 2.24) is 15.2 Å². The molecule has 0 saturated carbocycles. The Labute approximate surface area is 128 Å². The second-order valence-corrected chi connectivity index (χ2v) is 6.01. The van der Waals surface area contributed by atoms with Gasteiger partial charge in [0.25, 0.3) is 5.91 Å². The molecule has 1 unspecified atom stereocenters. The van der Waals surface area contributed by atoms with E-state index in [0.29, 0.717) is 5.92 Å². The first-order valence-corrected chi connectivity index (χ1v) is 7.40. The molecule has 0 bridgehead atoms. The molecule has 1 aromatic rings.